The fourth-order valence-corrected chi connectivity index (χ4v) is 1.37. The van der Waals surface area contributed by atoms with Crippen molar-refractivity contribution in [1.29, 1.82) is 0 Å². The Labute approximate surface area is 84.0 Å². The highest BCUT2D eigenvalue weighted by atomic mass is 16.5. The van der Waals surface area contributed by atoms with Crippen LogP contribution in [0.5, 0.6) is 17.2 Å². The molecule has 0 radical (unpaired) electrons. The van der Waals surface area contributed by atoms with Crippen LogP contribution in [0.15, 0.2) is 12.1 Å². The van der Waals surface area contributed by atoms with E-state index in [2.05, 4.69) is 0 Å². The van der Waals surface area contributed by atoms with Gasteiger partial charge in [-0.25, -0.2) is 0 Å². The molecule has 0 N–H and O–H groups in total. The second-order valence-corrected chi connectivity index (χ2v) is 3.05. The molecule has 78 valence electrons. The predicted octanol–water partition coefficient (Wildman–Crippen LogP) is 1.18. The average molecular weight is 194 g/mol. The Hall–Kier alpha value is -1.38. The number of ether oxygens (including phenoxy) is 1. The van der Waals surface area contributed by atoms with Gasteiger partial charge in [0.25, 0.3) is 0 Å². The van der Waals surface area contributed by atoms with Crippen LogP contribution in [0.3, 0.4) is 0 Å². The van der Waals surface area contributed by atoms with Gasteiger partial charge in [-0.3, -0.25) is 0 Å². The van der Waals surface area contributed by atoms with Crippen LogP contribution in [0.25, 0.3) is 0 Å². The zero-order chi connectivity index (χ0) is 10.6. The fourth-order valence-electron chi connectivity index (χ4n) is 1.37. The molecule has 14 heavy (non-hydrogen) atoms. The van der Waals surface area contributed by atoms with Crippen molar-refractivity contribution in [1.82, 2.24) is 0 Å². The smallest absolute Gasteiger partial charge is 0.121 e. The lowest BCUT2D eigenvalue weighted by Gasteiger charge is -2.24. The summed E-state index contributed by atoms with van der Waals surface area (Å²) in [5, 5.41) is 22.6. The van der Waals surface area contributed by atoms with Crippen LogP contribution < -0.4 is 14.9 Å². The first-order chi connectivity index (χ1) is 6.70. The summed E-state index contributed by atoms with van der Waals surface area (Å²) >= 11 is 0. The van der Waals surface area contributed by atoms with Gasteiger partial charge in [-0.05, 0) is 25.0 Å². The fraction of sp³-hybridized carbons (Fsp3) is 0.455. The van der Waals surface area contributed by atoms with Gasteiger partial charge in [0.1, 0.15) is 5.75 Å². The molecule has 0 aliphatic heterocycles. The van der Waals surface area contributed by atoms with Gasteiger partial charge in [-0.15, -0.1) is 11.5 Å². The van der Waals surface area contributed by atoms with Crippen molar-refractivity contribution in [2.45, 2.75) is 26.7 Å². The molecule has 3 heteroatoms. The highest BCUT2D eigenvalue weighted by Crippen LogP contribution is 2.32. The topological polar surface area (TPSA) is 55.3 Å². The number of hydrogen-bond donors (Lipinski definition) is 0. The van der Waals surface area contributed by atoms with E-state index in [9.17, 15) is 10.2 Å². The third kappa shape index (κ3) is 2.10. The van der Waals surface area contributed by atoms with Crippen molar-refractivity contribution in [3.05, 3.63) is 17.7 Å². The van der Waals surface area contributed by atoms with Crippen LogP contribution in [-0.4, -0.2) is 6.61 Å². The molecule has 0 aliphatic carbocycles. The van der Waals surface area contributed by atoms with Crippen molar-refractivity contribution in [2.24, 2.45) is 0 Å². The number of rotatable bonds is 4. The number of benzene rings is 1. The Kier molecular flexibility index (Phi) is 3.63. The zero-order valence-electron chi connectivity index (χ0n) is 8.50. The van der Waals surface area contributed by atoms with E-state index in [1.54, 1.807) is 6.07 Å². The van der Waals surface area contributed by atoms with E-state index in [4.69, 9.17) is 4.74 Å². The SMILES string of the molecule is CCCc1c(OCC)ccc([O-])c1[O-]. The molecule has 1 aromatic rings. The molecule has 3 nitrogen and oxygen atoms in total. The van der Waals surface area contributed by atoms with E-state index in [0.29, 0.717) is 24.3 Å². The first-order valence-corrected chi connectivity index (χ1v) is 4.83. The minimum Gasteiger partial charge on any atom is -0.873 e. The minimum atomic E-state index is -0.447. The summed E-state index contributed by atoms with van der Waals surface area (Å²) in [6, 6.07) is 2.85. The summed E-state index contributed by atoms with van der Waals surface area (Å²) in [7, 11) is 0. The van der Waals surface area contributed by atoms with Crippen LogP contribution in [-0.2, 0) is 6.42 Å². The van der Waals surface area contributed by atoms with E-state index in [-0.39, 0.29) is 0 Å². The third-order valence-corrected chi connectivity index (χ3v) is 1.98. The van der Waals surface area contributed by atoms with Gasteiger partial charge in [-0.1, -0.05) is 19.4 Å². The van der Waals surface area contributed by atoms with Gasteiger partial charge in [0.05, 0.1) is 6.61 Å². The minimum absolute atomic E-state index is 0.419. The largest absolute Gasteiger partial charge is 0.873 e. The summed E-state index contributed by atoms with van der Waals surface area (Å²) in [6.45, 7) is 4.33. The molecule has 0 saturated heterocycles. The van der Waals surface area contributed by atoms with E-state index < -0.39 is 11.5 Å². The first kappa shape index (κ1) is 10.7. The lowest BCUT2D eigenvalue weighted by atomic mass is 10.1. The second-order valence-electron chi connectivity index (χ2n) is 3.05. The lowest BCUT2D eigenvalue weighted by Crippen LogP contribution is -2.06. The molecule has 0 fully saturated rings. The number of hydrogen-bond acceptors (Lipinski definition) is 3. The zero-order valence-corrected chi connectivity index (χ0v) is 8.50. The molecule has 0 saturated carbocycles. The molecule has 0 atom stereocenters. The van der Waals surface area contributed by atoms with E-state index in [1.165, 1.54) is 6.07 Å². The summed E-state index contributed by atoms with van der Waals surface area (Å²) in [6.07, 6.45) is 1.43. The second kappa shape index (κ2) is 4.74. The first-order valence-electron chi connectivity index (χ1n) is 4.83. The van der Waals surface area contributed by atoms with Crippen LogP contribution >= 0.6 is 0 Å². The Bertz CT molecular complexity index is 308. The summed E-state index contributed by atoms with van der Waals surface area (Å²) < 4.78 is 5.29. The molecule has 0 spiro atoms. The van der Waals surface area contributed by atoms with Crippen molar-refractivity contribution < 1.29 is 14.9 Å². The van der Waals surface area contributed by atoms with Gasteiger partial charge in [0.15, 0.2) is 0 Å². The van der Waals surface area contributed by atoms with E-state index >= 15 is 0 Å². The standard InChI is InChI=1S/C11H16O3/c1-3-5-8-10(14-4-2)7-6-9(12)11(8)13/h6-7,12-13H,3-5H2,1-2H3/p-2. The van der Waals surface area contributed by atoms with Gasteiger partial charge >= 0.3 is 0 Å². The summed E-state index contributed by atoms with van der Waals surface area (Å²) in [5.74, 6) is -0.311. The van der Waals surface area contributed by atoms with Crippen LogP contribution in [0.2, 0.25) is 0 Å². The monoisotopic (exact) mass is 194 g/mol. The quantitative estimate of drug-likeness (QED) is 0.723. The Balaban J connectivity index is 3.08. The molecule has 0 bridgehead atoms. The molecule has 0 aromatic heterocycles. The normalized spacial score (nSPS) is 10.1. The van der Waals surface area contributed by atoms with Gasteiger partial charge in [0, 0.05) is 0 Å². The molecule has 1 rings (SSSR count). The summed E-state index contributed by atoms with van der Waals surface area (Å²) in [5.41, 5.74) is 0.516. The predicted molar refractivity (Wildman–Crippen MR) is 50.5 cm³/mol. The molecule has 0 aliphatic rings. The van der Waals surface area contributed by atoms with Crippen LogP contribution in [0.4, 0.5) is 0 Å². The Morgan fingerprint density at radius 1 is 1.21 bits per heavy atom. The average Bonchev–Trinajstić information content (AvgIpc) is 2.18. The molecule has 0 amide bonds. The van der Waals surface area contributed by atoms with Crippen molar-refractivity contribution >= 4 is 0 Å². The molecular weight excluding hydrogens is 180 g/mol. The van der Waals surface area contributed by atoms with Crippen molar-refractivity contribution in [3.63, 3.8) is 0 Å². The molecule has 0 unspecified atom stereocenters. The van der Waals surface area contributed by atoms with E-state index in [0.717, 1.165) is 6.42 Å². The van der Waals surface area contributed by atoms with Crippen molar-refractivity contribution in [3.8, 4) is 17.2 Å². The van der Waals surface area contributed by atoms with Gasteiger partial charge < -0.3 is 14.9 Å². The Morgan fingerprint density at radius 2 is 1.93 bits per heavy atom. The highest BCUT2D eigenvalue weighted by molar-refractivity contribution is 5.50. The molecule has 1 aromatic carbocycles. The van der Waals surface area contributed by atoms with E-state index in [1.807, 2.05) is 13.8 Å². The molecular formula is C11H14O3-2. The molecule has 0 heterocycles. The van der Waals surface area contributed by atoms with Crippen LogP contribution in [0, 0.1) is 0 Å². The van der Waals surface area contributed by atoms with Crippen LogP contribution in [0.1, 0.15) is 25.8 Å². The highest BCUT2D eigenvalue weighted by Gasteiger charge is 2.02. The lowest BCUT2D eigenvalue weighted by molar-refractivity contribution is -0.318. The maximum atomic E-state index is 11.5. The maximum absolute atomic E-state index is 11.5. The van der Waals surface area contributed by atoms with Gasteiger partial charge in [-0.2, -0.15) is 0 Å². The third-order valence-electron chi connectivity index (χ3n) is 1.98. The summed E-state index contributed by atoms with van der Waals surface area (Å²) in [4.78, 5) is 0. The van der Waals surface area contributed by atoms with Crippen molar-refractivity contribution in [2.75, 3.05) is 6.61 Å². The van der Waals surface area contributed by atoms with Gasteiger partial charge in [0.2, 0.25) is 0 Å². The Morgan fingerprint density at radius 3 is 2.50 bits per heavy atom. The maximum Gasteiger partial charge on any atom is 0.121 e.